The first-order valence-electron chi connectivity index (χ1n) is 7.17. The molecule has 0 saturated heterocycles. The first-order valence-corrected chi connectivity index (χ1v) is 8.72. The van der Waals surface area contributed by atoms with Gasteiger partial charge in [-0.1, -0.05) is 25.3 Å². The molecule has 0 radical (unpaired) electrons. The average Bonchev–Trinajstić information content (AvgIpc) is 2.72. The van der Waals surface area contributed by atoms with Crippen LogP contribution < -0.4 is 10.5 Å². The lowest BCUT2D eigenvalue weighted by molar-refractivity contribution is 0.413. The number of methoxy groups -OCH3 is 1. The first-order chi connectivity index (χ1) is 9.59. The molecular weight excluding hydrogens is 274 g/mol. The summed E-state index contributed by atoms with van der Waals surface area (Å²) in [7, 11) is -1.80. The molecule has 1 aromatic carbocycles. The van der Waals surface area contributed by atoms with Crippen LogP contribution in [-0.4, -0.2) is 27.3 Å². The van der Waals surface area contributed by atoms with Crippen LogP contribution in [0.1, 0.15) is 32.1 Å². The highest BCUT2D eigenvalue weighted by Crippen LogP contribution is 2.32. The second-order valence-corrected chi connectivity index (χ2v) is 7.56. The molecule has 5 heteroatoms. The summed E-state index contributed by atoms with van der Waals surface area (Å²) in [5.41, 5.74) is 5.80. The fraction of sp³-hybridized carbons (Fsp3) is 0.600. The highest BCUT2D eigenvalue weighted by Gasteiger charge is 2.34. The molecule has 1 aliphatic rings. The predicted octanol–water partition coefficient (Wildman–Crippen LogP) is 2.38. The second kappa shape index (κ2) is 6.59. The Morgan fingerprint density at radius 1 is 1.25 bits per heavy atom. The van der Waals surface area contributed by atoms with Gasteiger partial charge in [0, 0.05) is 0 Å². The van der Waals surface area contributed by atoms with Gasteiger partial charge in [-0.15, -0.1) is 0 Å². The summed E-state index contributed by atoms with van der Waals surface area (Å²) in [4.78, 5) is 0.349. The van der Waals surface area contributed by atoms with Crippen molar-refractivity contribution in [3.8, 4) is 5.75 Å². The molecule has 0 heterocycles. The zero-order valence-corrected chi connectivity index (χ0v) is 12.7. The fourth-order valence-electron chi connectivity index (χ4n) is 2.98. The van der Waals surface area contributed by atoms with Crippen LogP contribution in [0.2, 0.25) is 0 Å². The average molecular weight is 297 g/mol. The normalized spacial score (nSPS) is 24.1. The number of rotatable bonds is 4. The molecule has 2 unspecified atom stereocenters. The lowest BCUT2D eigenvalue weighted by Gasteiger charge is -2.24. The third-order valence-corrected chi connectivity index (χ3v) is 6.49. The summed E-state index contributed by atoms with van der Waals surface area (Å²) in [6.45, 7) is 0.438. The molecule has 0 aliphatic heterocycles. The summed E-state index contributed by atoms with van der Waals surface area (Å²) in [6, 6.07) is 6.73. The first kappa shape index (κ1) is 15.3. The Morgan fingerprint density at radius 3 is 2.70 bits per heavy atom. The lowest BCUT2D eigenvalue weighted by Crippen LogP contribution is -2.34. The molecule has 1 aromatic rings. The molecule has 0 amide bonds. The molecule has 0 bridgehead atoms. The van der Waals surface area contributed by atoms with Crippen molar-refractivity contribution in [3.05, 3.63) is 24.3 Å². The highest BCUT2D eigenvalue weighted by atomic mass is 32.2. The van der Waals surface area contributed by atoms with Crippen LogP contribution in [0.25, 0.3) is 0 Å². The lowest BCUT2D eigenvalue weighted by atomic mass is 10.0. The van der Waals surface area contributed by atoms with E-state index in [9.17, 15) is 8.42 Å². The van der Waals surface area contributed by atoms with Crippen molar-refractivity contribution in [2.75, 3.05) is 13.7 Å². The minimum absolute atomic E-state index is 0.0636. The van der Waals surface area contributed by atoms with Crippen molar-refractivity contribution in [2.45, 2.75) is 42.2 Å². The molecule has 1 aliphatic carbocycles. The van der Waals surface area contributed by atoms with Crippen molar-refractivity contribution in [2.24, 2.45) is 11.7 Å². The van der Waals surface area contributed by atoms with Crippen molar-refractivity contribution < 1.29 is 13.2 Å². The van der Waals surface area contributed by atoms with E-state index in [0.29, 0.717) is 23.6 Å². The summed E-state index contributed by atoms with van der Waals surface area (Å²) in [5, 5.41) is -0.359. The number of hydrogen-bond acceptors (Lipinski definition) is 4. The summed E-state index contributed by atoms with van der Waals surface area (Å²) in [6.07, 6.45) is 4.75. The van der Waals surface area contributed by atoms with Crippen LogP contribution in [0.4, 0.5) is 0 Å². The molecule has 0 spiro atoms. The molecular formula is C15H23NO3S. The summed E-state index contributed by atoms with van der Waals surface area (Å²) < 4.78 is 30.9. The van der Waals surface area contributed by atoms with Crippen molar-refractivity contribution in [3.63, 3.8) is 0 Å². The SMILES string of the molecule is COc1cccc(S(=O)(=O)C2CCCCCC2CN)c1. The van der Waals surface area contributed by atoms with E-state index in [2.05, 4.69) is 0 Å². The van der Waals surface area contributed by atoms with Gasteiger partial charge in [-0.2, -0.15) is 0 Å². The van der Waals surface area contributed by atoms with Crippen LogP contribution in [-0.2, 0) is 9.84 Å². The Labute approximate surface area is 121 Å². The van der Waals surface area contributed by atoms with E-state index in [1.165, 1.54) is 0 Å². The largest absolute Gasteiger partial charge is 0.497 e. The van der Waals surface area contributed by atoms with Crippen molar-refractivity contribution in [1.82, 2.24) is 0 Å². The van der Waals surface area contributed by atoms with E-state index in [1.54, 1.807) is 31.4 Å². The monoisotopic (exact) mass is 297 g/mol. The topological polar surface area (TPSA) is 69.4 Å². The number of nitrogens with two attached hydrogens (primary N) is 1. The van der Waals surface area contributed by atoms with Gasteiger partial charge >= 0.3 is 0 Å². The zero-order chi connectivity index (χ0) is 14.6. The van der Waals surface area contributed by atoms with Crippen LogP contribution in [0, 0.1) is 5.92 Å². The van der Waals surface area contributed by atoms with Crippen LogP contribution in [0.3, 0.4) is 0 Å². The second-order valence-electron chi connectivity index (χ2n) is 5.40. The van der Waals surface area contributed by atoms with Crippen LogP contribution in [0.15, 0.2) is 29.2 Å². The van der Waals surface area contributed by atoms with E-state index in [-0.39, 0.29) is 11.2 Å². The molecule has 20 heavy (non-hydrogen) atoms. The maximum absolute atomic E-state index is 12.9. The zero-order valence-electron chi connectivity index (χ0n) is 11.9. The highest BCUT2D eigenvalue weighted by molar-refractivity contribution is 7.92. The molecule has 2 rings (SSSR count). The van der Waals surface area contributed by atoms with Gasteiger partial charge in [0.1, 0.15) is 5.75 Å². The van der Waals surface area contributed by atoms with Gasteiger partial charge in [0.2, 0.25) is 0 Å². The maximum atomic E-state index is 12.9. The minimum atomic E-state index is -3.34. The van der Waals surface area contributed by atoms with Gasteiger partial charge < -0.3 is 10.5 Å². The van der Waals surface area contributed by atoms with Crippen molar-refractivity contribution >= 4 is 9.84 Å². The van der Waals surface area contributed by atoms with E-state index >= 15 is 0 Å². The van der Waals surface area contributed by atoms with Gasteiger partial charge in [-0.25, -0.2) is 8.42 Å². The third-order valence-electron chi connectivity index (χ3n) is 4.16. The van der Waals surface area contributed by atoms with E-state index in [1.807, 2.05) is 0 Å². The molecule has 2 atom stereocenters. The maximum Gasteiger partial charge on any atom is 0.181 e. The van der Waals surface area contributed by atoms with E-state index in [4.69, 9.17) is 10.5 Å². The van der Waals surface area contributed by atoms with Gasteiger partial charge in [0.15, 0.2) is 9.84 Å². The van der Waals surface area contributed by atoms with Gasteiger partial charge in [-0.3, -0.25) is 0 Å². The Morgan fingerprint density at radius 2 is 2.00 bits per heavy atom. The predicted molar refractivity (Wildman–Crippen MR) is 79.6 cm³/mol. The number of ether oxygens (including phenoxy) is 1. The molecule has 1 fully saturated rings. The Balaban J connectivity index is 2.35. The Bertz CT molecular complexity index is 542. The number of hydrogen-bond donors (Lipinski definition) is 1. The smallest absolute Gasteiger partial charge is 0.181 e. The van der Waals surface area contributed by atoms with Gasteiger partial charge in [0.05, 0.1) is 17.3 Å². The fourth-order valence-corrected chi connectivity index (χ4v) is 5.11. The Kier molecular flexibility index (Phi) is 5.05. The van der Waals surface area contributed by atoms with E-state index < -0.39 is 9.84 Å². The summed E-state index contributed by atoms with van der Waals surface area (Å²) >= 11 is 0. The van der Waals surface area contributed by atoms with Gasteiger partial charge in [0.25, 0.3) is 0 Å². The quantitative estimate of drug-likeness (QED) is 0.866. The molecule has 0 aromatic heterocycles. The van der Waals surface area contributed by atoms with Gasteiger partial charge in [-0.05, 0) is 43.5 Å². The molecule has 4 nitrogen and oxygen atoms in total. The number of sulfone groups is 1. The van der Waals surface area contributed by atoms with E-state index in [0.717, 1.165) is 25.7 Å². The molecule has 2 N–H and O–H groups in total. The van der Waals surface area contributed by atoms with Crippen LogP contribution in [0.5, 0.6) is 5.75 Å². The van der Waals surface area contributed by atoms with Crippen LogP contribution >= 0.6 is 0 Å². The number of benzene rings is 1. The summed E-state index contributed by atoms with van der Waals surface area (Å²) in [5.74, 6) is 0.637. The molecule has 112 valence electrons. The third kappa shape index (κ3) is 3.15. The van der Waals surface area contributed by atoms with Crippen molar-refractivity contribution in [1.29, 1.82) is 0 Å². The molecule has 1 saturated carbocycles. The minimum Gasteiger partial charge on any atom is -0.497 e. The Hall–Kier alpha value is -1.07. The standard InChI is InChI=1S/C15H23NO3S/c1-19-13-7-5-8-14(10-13)20(17,18)15-9-4-2-3-6-12(15)11-16/h5,7-8,10,12,15H,2-4,6,9,11,16H2,1H3.